The van der Waals surface area contributed by atoms with E-state index in [1.54, 1.807) is 6.07 Å². The van der Waals surface area contributed by atoms with Gasteiger partial charge in [-0.25, -0.2) is 4.98 Å². The minimum Gasteiger partial charge on any atom is -0.378 e. The largest absolute Gasteiger partial charge is 0.378 e. The summed E-state index contributed by atoms with van der Waals surface area (Å²) in [7, 11) is 0. The van der Waals surface area contributed by atoms with Crippen LogP contribution in [0, 0.1) is 6.92 Å². The number of imidazole rings is 1. The maximum Gasteiger partial charge on any atom is 0.104 e. The molecule has 0 amide bonds. The zero-order valence-corrected chi connectivity index (χ0v) is 13.3. The molecule has 0 saturated carbocycles. The Hall–Kier alpha value is -1.71. The first kappa shape index (κ1) is 14.2. The van der Waals surface area contributed by atoms with Crippen molar-refractivity contribution in [3.05, 3.63) is 57.8 Å². The number of H-pyrrole nitrogens is 1. The molecular weight excluding hydrogens is 305 g/mol. The molecule has 1 heterocycles. The van der Waals surface area contributed by atoms with Crippen LogP contribution in [0.5, 0.6) is 0 Å². The van der Waals surface area contributed by atoms with E-state index in [4.69, 9.17) is 23.2 Å². The zero-order chi connectivity index (χ0) is 15.0. The number of fused-ring (bicyclic) bond motifs is 1. The van der Waals surface area contributed by atoms with Gasteiger partial charge in [0, 0.05) is 21.8 Å². The Kier molecular flexibility index (Phi) is 3.79. The molecule has 108 valence electrons. The van der Waals surface area contributed by atoms with E-state index in [2.05, 4.69) is 28.3 Å². The van der Waals surface area contributed by atoms with Crippen molar-refractivity contribution in [2.45, 2.75) is 19.9 Å². The standard InChI is InChI=1S/C16H15Cl2N3/c1-9(13-5-3-11(17)7-14(13)18)19-12-4-6-15-16(8-12)21-10(2)20-15/h3-9,19H,1-2H3,(H,20,21). The average Bonchev–Trinajstić information content (AvgIpc) is 2.77. The molecule has 1 atom stereocenters. The first-order valence-corrected chi connectivity index (χ1v) is 7.46. The normalized spacial score (nSPS) is 12.6. The van der Waals surface area contributed by atoms with Crippen molar-refractivity contribution in [2.24, 2.45) is 0 Å². The molecule has 0 aliphatic rings. The maximum absolute atomic E-state index is 6.25. The third-order valence-corrected chi connectivity index (χ3v) is 3.97. The highest BCUT2D eigenvalue weighted by Gasteiger charge is 2.10. The summed E-state index contributed by atoms with van der Waals surface area (Å²) in [6.45, 7) is 4.01. The predicted octanol–water partition coefficient (Wildman–Crippen LogP) is 5.35. The first-order chi connectivity index (χ1) is 10.0. The number of anilines is 1. The summed E-state index contributed by atoms with van der Waals surface area (Å²) in [6.07, 6.45) is 0. The number of aromatic amines is 1. The van der Waals surface area contributed by atoms with Crippen LogP contribution in [-0.4, -0.2) is 9.97 Å². The third-order valence-electron chi connectivity index (χ3n) is 3.41. The van der Waals surface area contributed by atoms with Gasteiger partial charge in [-0.15, -0.1) is 0 Å². The molecule has 3 nitrogen and oxygen atoms in total. The molecule has 0 bridgehead atoms. The summed E-state index contributed by atoms with van der Waals surface area (Å²) in [5, 5.41) is 4.76. The Bertz CT molecular complexity index is 795. The van der Waals surface area contributed by atoms with Gasteiger partial charge >= 0.3 is 0 Å². The van der Waals surface area contributed by atoms with Gasteiger partial charge in [-0.2, -0.15) is 0 Å². The fraction of sp³-hybridized carbons (Fsp3) is 0.188. The van der Waals surface area contributed by atoms with Crippen molar-refractivity contribution < 1.29 is 0 Å². The number of benzene rings is 2. The van der Waals surface area contributed by atoms with Crippen molar-refractivity contribution in [2.75, 3.05) is 5.32 Å². The highest BCUT2D eigenvalue weighted by molar-refractivity contribution is 6.35. The Morgan fingerprint density at radius 1 is 1.14 bits per heavy atom. The van der Waals surface area contributed by atoms with Crippen LogP contribution >= 0.6 is 23.2 Å². The Balaban J connectivity index is 1.86. The number of hydrogen-bond acceptors (Lipinski definition) is 2. The third kappa shape index (κ3) is 2.99. The highest BCUT2D eigenvalue weighted by atomic mass is 35.5. The summed E-state index contributed by atoms with van der Waals surface area (Å²) in [6, 6.07) is 11.7. The van der Waals surface area contributed by atoms with Crippen LogP contribution in [0.25, 0.3) is 11.0 Å². The van der Waals surface area contributed by atoms with E-state index in [9.17, 15) is 0 Å². The molecule has 3 aromatic rings. The number of halogens is 2. The molecule has 21 heavy (non-hydrogen) atoms. The number of nitrogens with one attached hydrogen (secondary N) is 2. The summed E-state index contributed by atoms with van der Waals surface area (Å²) in [5.74, 6) is 0.913. The van der Waals surface area contributed by atoms with Gasteiger partial charge in [0.1, 0.15) is 5.82 Å². The molecule has 0 radical (unpaired) electrons. The van der Waals surface area contributed by atoms with Crippen molar-refractivity contribution in [3.8, 4) is 0 Å². The van der Waals surface area contributed by atoms with Gasteiger partial charge in [0.25, 0.3) is 0 Å². The van der Waals surface area contributed by atoms with Crippen molar-refractivity contribution >= 4 is 39.9 Å². The molecule has 0 saturated heterocycles. The fourth-order valence-corrected chi connectivity index (χ4v) is 2.98. The quantitative estimate of drug-likeness (QED) is 0.683. The van der Waals surface area contributed by atoms with E-state index in [1.165, 1.54) is 0 Å². The number of hydrogen-bond donors (Lipinski definition) is 2. The molecule has 3 rings (SSSR count). The van der Waals surface area contributed by atoms with Gasteiger partial charge in [-0.3, -0.25) is 0 Å². The Morgan fingerprint density at radius 3 is 2.71 bits per heavy atom. The molecular formula is C16H15Cl2N3. The smallest absolute Gasteiger partial charge is 0.104 e. The van der Waals surface area contributed by atoms with Crippen LogP contribution in [0.2, 0.25) is 10.0 Å². The van der Waals surface area contributed by atoms with E-state index in [1.807, 2.05) is 31.2 Å². The number of rotatable bonds is 3. The number of aromatic nitrogens is 2. The Morgan fingerprint density at radius 2 is 1.95 bits per heavy atom. The van der Waals surface area contributed by atoms with Crippen LogP contribution in [-0.2, 0) is 0 Å². The summed E-state index contributed by atoms with van der Waals surface area (Å²) in [4.78, 5) is 7.63. The molecule has 2 N–H and O–H groups in total. The molecule has 1 unspecified atom stereocenters. The van der Waals surface area contributed by atoms with Crippen LogP contribution in [0.3, 0.4) is 0 Å². The number of nitrogens with zero attached hydrogens (tertiary/aromatic N) is 1. The van der Waals surface area contributed by atoms with Gasteiger partial charge in [0.2, 0.25) is 0 Å². The van der Waals surface area contributed by atoms with E-state index in [0.29, 0.717) is 10.0 Å². The van der Waals surface area contributed by atoms with Crippen LogP contribution in [0.15, 0.2) is 36.4 Å². The lowest BCUT2D eigenvalue weighted by Crippen LogP contribution is -2.07. The summed E-state index contributed by atoms with van der Waals surface area (Å²) in [5.41, 5.74) is 4.02. The molecule has 0 fully saturated rings. The molecule has 5 heteroatoms. The van der Waals surface area contributed by atoms with E-state index < -0.39 is 0 Å². The maximum atomic E-state index is 6.25. The predicted molar refractivity (Wildman–Crippen MR) is 89.3 cm³/mol. The van der Waals surface area contributed by atoms with Crippen LogP contribution < -0.4 is 5.32 Å². The molecule has 1 aromatic heterocycles. The van der Waals surface area contributed by atoms with Gasteiger partial charge in [-0.05, 0) is 49.7 Å². The van der Waals surface area contributed by atoms with Crippen LogP contribution in [0.1, 0.15) is 24.4 Å². The summed E-state index contributed by atoms with van der Waals surface area (Å²) >= 11 is 12.2. The van der Waals surface area contributed by atoms with Crippen molar-refractivity contribution in [3.63, 3.8) is 0 Å². The van der Waals surface area contributed by atoms with Gasteiger partial charge in [0.05, 0.1) is 11.0 Å². The highest BCUT2D eigenvalue weighted by Crippen LogP contribution is 2.29. The second-order valence-corrected chi connectivity index (χ2v) is 5.93. The van der Waals surface area contributed by atoms with Crippen LogP contribution in [0.4, 0.5) is 5.69 Å². The van der Waals surface area contributed by atoms with E-state index >= 15 is 0 Å². The van der Waals surface area contributed by atoms with Gasteiger partial charge < -0.3 is 10.3 Å². The van der Waals surface area contributed by atoms with Gasteiger partial charge in [-0.1, -0.05) is 29.3 Å². The lowest BCUT2D eigenvalue weighted by molar-refractivity contribution is 0.885. The zero-order valence-electron chi connectivity index (χ0n) is 11.7. The number of aryl methyl sites for hydroxylation is 1. The Labute approximate surface area is 133 Å². The van der Waals surface area contributed by atoms with Gasteiger partial charge in [0.15, 0.2) is 0 Å². The second kappa shape index (κ2) is 5.58. The van der Waals surface area contributed by atoms with Crippen molar-refractivity contribution in [1.29, 1.82) is 0 Å². The van der Waals surface area contributed by atoms with E-state index in [-0.39, 0.29) is 6.04 Å². The minimum atomic E-state index is 0.0798. The topological polar surface area (TPSA) is 40.7 Å². The SMILES string of the molecule is Cc1nc2ccc(NC(C)c3ccc(Cl)cc3Cl)cc2[nH]1. The fourth-order valence-electron chi connectivity index (χ4n) is 2.41. The molecule has 0 aliphatic heterocycles. The van der Waals surface area contributed by atoms with E-state index in [0.717, 1.165) is 28.1 Å². The average molecular weight is 320 g/mol. The second-order valence-electron chi connectivity index (χ2n) is 5.09. The van der Waals surface area contributed by atoms with Crippen molar-refractivity contribution in [1.82, 2.24) is 9.97 Å². The monoisotopic (exact) mass is 319 g/mol. The lowest BCUT2D eigenvalue weighted by Gasteiger charge is -2.17. The molecule has 0 spiro atoms. The molecule has 0 aliphatic carbocycles. The molecule has 2 aromatic carbocycles. The summed E-state index contributed by atoms with van der Waals surface area (Å²) < 4.78 is 0. The first-order valence-electron chi connectivity index (χ1n) is 6.71. The lowest BCUT2D eigenvalue weighted by atomic mass is 10.1. The minimum absolute atomic E-state index is 0.0798.